The summed E-state index contributed by atoms with van der Waals surface area (Å²) < 4.78 is 49.8. The van der Waals surface area contributed by atoms with E-state index in [0.29, 0.717) is 18.4 Å². The van der Waals surface area contributed by atoms with Gasteiger partial charge in [0.2, 0.25) is 0 Å². The zero-order valence-electron chi connectivity index (χ0n) is 33.4. The number of aryl methyl sites for hydroxylation is 2. The number of carbonyl (C=O) groups is 1. The van der Waals surface area contributed by atoms with E-state index in [9.17, 15) is 18.0 Å². The fraction of sp³-hybridized carbons (Fsp3) is 0.341. The Morgan fingerprint density at radius 3 is 2.46 bits per heavy atom. The van der Waals surface area contributed by atoms with Crippen LogP contribution in [0.5, 0.6) is 0 Å². The molecule has 0 unspecified atom stereocenters. The molecular weight excluding hydrogens is 762 g/mol. The van der Waals surface area contributed by atoms with Gasteiger partial charge in [0.15, 0.2) is 0 Å². The predicted molar refractivity (Wildman–Crippen MR) is 225 cm³/mol. The van der Waals surface area contributed by atoms with E-state index >= 15 is 0 Å². The third-order valence-corrected chi connectivity index (χ3v) is 10.0. The summed E-state index contributed by atoms with van der Waals surface area (Å²) in [6, 6.07) is 18.0. The third-order valence-electron chi connectivity index (χ3n) is 10.0. The molecule has 2 fully saturated rings. The van der Waals surface area contributed by atoms with Gasteiger partial charge in [0.1, 0.15) is 29.1 Å². The van der Waals surface area contributed by atoms with Gasteiger partial charge in [0.25, 0.3) is 0 Å². The molecule has 3 aromatic heterocycles. The average Bonchev–Trinajstić information content (AvgIpc) is 3.91. The smallest absolute Gasteiger partial charge is 0.433 e. The van der Waals surface area contributed by atoms with Crippen LogP contribution in [0.25, 0.3) is 32.9 Å². The minimum Gasteiger partial charge on any atom is -0.516 e. The molecule has 2 saturated heterocycles. The average molecular weight is 811 g/mol. The molecule has 0 aliphatic carbocycles. The second-order valence-electron chi connectivity index (χ2n) is 14.1. The Kier molecular flexibility index (Phi) is 15.6. The van der Waals surface area contributed by atoms with Crippen LogP contribution in [0.4, 0.5) is 18.9 Å². The Hall–Kier alpha value is -6.24. The molecule has 0 amide bonds. The summed E-state index contributed by atoms with van der Waals surface area (Å²) in [5.41, 5.74) is 5.14. The van der Waals surface area contributed by atoms with Crippen LogP contribution in [0.1, 0.15) is 64.4 Å². The standard InChI is InChI=1S/C20H28N4O.C12H10N2O.C9H5F3N2O.C3H6O/c1-21-17-7-8-19-18(14-17)22-20(23(19)2)15-24-11-9-16(10-12-24)6-4-3-5-13-25;1-8-5-11-9(6-13)3-4-10(7-14-2)12(11)15-8;10-9(11,12)8-6-3-5(4-15)1-2-7(6)13-14-8;1-2-4-3-1/h3-5,7-8,13-14,16,21,25H,6,9-12,15H2,1-2H3;3-5H,2,7H2,1H3;1-4H,(H,13,14);1-3H2/b4-3-,13-5+;;;. The fourth-order valence-electron chi connectivity index (χ4n) is 6.63. The number of benzene rings is 3. The largest absolute Gasteiger partial charge is 0.516 e. The monoisotopic (exact) mass is 810 g/mol. The van der Waals surface area contributed by atoms with E-state index in [2.05, 4.69) is 69.0 Å². The van der Waals surface area contributed by atoms with Crippen molar-refractivity contribution in [2.45, 2.75) is 51.9 Å². The molecule has 0 atom stereocenters. The Labute approximate surface area is 340 Å². The number of aliphatic hydroxyl groups excluding tert-OH is 1. The number of aliphatic imine (C=N–C) groups is 1. The van der Waals surface area contributed by atoms with Crippen LogP contribution >= 0.6 is 0 Å². The van der Waals surface area contributed by atoms with Gasteiger partial charge in [-0.25, -0.2) is 4.98 Å². The first-order valence-corrected chi connectivity index (χ1v) is 19.2. The van der Waals surface area contributed by atoms with Crippen LogP contribution < -0.4 is 5.32 Å². The van der Waals surface area contributed by atoms with Crippen molar-refractivity contribution in [3.05, 3.63) is 113 Å². The number of rotatable bonds is 9. The molecule has 0 bridgehead atoms. The number of aromatic nitrogens is 4. The molecule has 2 aliphatic rings. The number of hydrogen-bond donors (Lipinski definition) is 3. The summed E-state index contributed by atoms with van der Waals surface area (Å²) in [5, 5.41) is 26.9. The maximum Gasteiger partial charge on any atom is 0.433 e. The van der Waals surface area contributed by atoms with Crippen molar-refractivity contribution in [3.8, 4) is 6.07 Å². The highest BCUT2D eigenvalue weighted by Crippen LogP contribution is 2.33. The molecular formula is C44H49F3N8O4. The first kappa shape index (κ1) is 43.9. The van der Waals surface area contributed by atoms with Gasteiger partial charge < -0.3 is 24.1 Å². The lowest BCUT2D eigenvalue weighted by Gasteiger charge is -2.31. The number of nitriles is 1. The number of aliphatic hydroxyl groups is 1. The molecule has 5 heterocycles. The van der Waals surface area contributed by atoms with Gasteiger partial charge in [-0.05, 0) is 113 Å². The van der Waals surface area contributed by atoms with Crippen molar-refractivity contribution >= 4 is 51.6 Å². The van der Waals surface area contributed by atoms with Crippen LogP contribution in [-0.4, -0.2) is 76.1 Å². The molecule has 12 nitrogen and oxygen atoms in total. The zero-order chi connectivity index (χ0) is 42.4. The molecule has 3 N–H and O–H groups in total. The van der Waals surface area contributed by atoms with Gasteiger partial charge in [-0.15, -0.1) is 0 Å². The molecule has 0 spiro atoms. The summed E-state index contributed by atoms with van der Waals surface area (Å²) >= 11 is 0. The van der Waals surface area contributed by atoms with E-state index in [1.165, 1.54) is 36.9 Å². The molecule has 15 heteroatoms. The summed E-state index contributed by atoms with van der Waals surface area (Å²) in [5.74, 6) is 2.69. The number of alkyl halides is 3. The molecule has 0 radical (unpaired) electrons. The SMILES string of the molecule is C1COC1.C=NCc1ccc(C#N)c2cc(C)oc12.CNc1ccc2c(c1)nc(CN1CCC(C/C=C\C=C\O)CC1)n2C.O=Cc1ccc2n[nH]c(C(F)(F)F)c2c1. The molecule has 2 aliphatic heterocycles. The number of halogens is 3. The number of fused-ring (bicyclic) bond motifs is 3. The second-order valence-corrected chi connectivity index (χ2v) is 14.1. The Bertz CT molecular complexity index is 2420. The number of H-pyrrole nitrogens is 1. The van der Waals surface area contributed by atoms with Crippen molar-refractivity contribution in [2.75, 3.05) is 38.7 Å². The van der Waals surface area contributed by atoms with E-state index in [1.54, 1.807) is 12.1 Å². The number of aldehydes is 1. The second kappa shape index (κ2) is 21.0. The number of likely N-dealkylation sites (tertiary alicyclic amines) is 1. The highest BCUT2D eigenvalue weighted by molar-refractivity contribution is 5.89. The number of anilines is 1. The van der Waals surface area contributed by atoms with Gasteiger partial charge in [0.05, 0.1) is 47.5 Å². The van der Waals surface area contributed by atoms with E-state index in [-0.39, 0.29) is 16.5 Å². The van der Waals surface area contributed by atoms with Crippen molar-refractivity contribution in [1.82, 2.24) is 24.6 Å². The summed E-state index contributed by atoms with van der Waals surface area (Å²) in [6.07, 6.45) is 7.64. The number of nitrogens with one attached hydrogen (secondary N) is 2. The topological polar surface area (TPSA) is 158 Å². The third kappa shape index (κ3) is 11.7. The highest BCUT2D eigenvalue weighted by atomic mass is 19.4. The van der Waals surface area contributed by atoms with Crippen LogP contribution in [-0.2, 0) is 31.1 Å². The zero-order valence-corrected chi connectivity index (χ0v) is 33.4. The van der Waals surface area contributed by atoms with Crippen LogP contribution in [0.3, 0.4) is 0 Å². The Morgan fingerprint density at radius 2 is 1.83 bits per heavy atom. The number of furan rings is 1. The number of allylic oxidation sites excluding steroid dienone is 3. The van der Waals surface area contributed by atoms with Crippen molar-refractivity contribution in [2.24, 2.45) is 18.0 Å². The Morgan fingerprint density at radius 1 is 1.08 bits per heavy atom. The number of carbonyl (C=O) groups excluding carboxylic acids is 1. The first-order valence-electron chi connectivity index (χ1n) is 19.2. The van der Waals surface area contributed by atoms with Crippen LogP contribution in [0.2, 0.25) is 0 Å². The molecule has 0 saturated carbocycles. The summed E-state index contributed by atoms with van der Waals surface area (Å²) in [4.78, 5) is 21.6. The van der Waals surface area contributed by atoms with Crippen molar-refractivity contribution in [3.63, 3.8) is 0 Å². The van der Waals surface area contributed by atoms with Gasteiger partial charge >= 0.3 is 6.18 Å². The van der Waals surface area contributed by atoms with E-state index in [0.717, 1.165) is 96.8 Å². The van der Waals surface area contributed by atoms with Gasteiger partial charge in [-0.2, -0.15) is 23.5 Å². The maximum atomic E-state index is 12.4. The molecule has 59 heavy (non-hydrogen) atoms. The molecule has 8 rings (SSSR count). The minimum atomic E-state index is -4.49. The number of nitrogens with zero attached hydrogens (tertiary/aromatic N) is 6. The maximum absolute atomic E-state index is 12.4. The lowest BCUT2D eigenvalue weighted by molar-refractivity contribution is -0.139. The van der Waals surface area contributed by atoms with Gasteiger partial charge in [-0.1, -0.05) is 18.2 Å². The first-order chi connectivity index (χ1) is 28.5. The normalized spacial score (nSPS) is 14.5. The van der Waals surface area contributed by atoms with Crippen molar-refractivity contribution in [1.29, 1.82) is 5.26 Å². The fourth-order valence-corrected chi connectivity index (χ4v) is 6.63. The predicted octanol–water partition coefficient (Wildman–Crippen LogP) is 9.46. The minimum absolute atomic E-state index is 0.0906. The van der Waals surface area contributed by atoms with E-state index < -0.39 is 11.9 Å². The molecule has 3 aromatic carbocycles. The van der Waals surface area contributed by atoms with Crippen LogP contribution in [0.15, 0.2) is 88.5 Å². The van der Waals surface area contributed by atoms with Gasteiger partial charge in [-0.3, -0.25) is 19.8 Å². The lowest BCUT2D eigenvalue weighted by Crippen LogP contribution is -2.33. The molecule has 310 valence electrons. The van der Waals surface area contributed by atoms with Crippen LogP contribution in [0, 0.1) is 24.2 Å². The van der Waals surface area contributed by atoms with Crippen molar-refractivity contribution < 1.29 is 32.2 Å². The number of piperidine rings is 1. The number of ether oxygens (including phenoxy) is 1. The molecule has 6 aromatic rings. The van der Waals surface area contributed by atoms with Gasteiger partial charge in [0, 0.05) is 54.9 Å². The van der Waals surface area contributed by atoms with E-state index in [4.69, 9.17) is 24.5 Å². The quantitative estimate of drug-likeness (QED) is 0.0560. The Balaban J connectivity index is 0.000000167. The summed E-state index contributed by atoms with van der Waals surface area (Å²) in [7, 11) is 4.04. The number of imidazole rings is 1. The highest BCUT2D eigenvalue weighted by Gasteiger charge is 2.35. The van der Waals surface area contributed by atoms with E-state index in [1.807, 2.05) is 37.3 Å². The number of hydrogen-bond acceptors (Lipinski definition) is 10. The number of aromatic amines is 1. The lowest BCUT2D eigenvalue weighted by atomic mass is 9.93. The summed E-state index contributed by atoms with van der Waals surface area (Å²) in [6.45, 7) is 11.0.